The van der Waals surface area contributed by atoms with Crippen molar-refractivity contribution in [2.75, 3.05) is 51.4 Å². The lowest BCUT2D eigenvalue weighted by Crippen LogP contribution is -2.46. The molecule has 0 spiro atoms. The molecule has 6 heteroatoms. The first-order chi connectivity index (χ1) is 13.3. The van der Waals surface area contributed by atoms with Gasteiger partial charge in [0, 0.05) is 58.4 Å². The van der Waals surface area contributed by atoms with E-state index in [-0.39, 0.29) is 0 Å². The molecule has 2 aliphatic rings. The van der Waals surface area contributed by atoms with Gasteiger partial charge < -0.3 is 14.4 Å². The van der Waals surface area contributed by atoms with E-state index in [1.807, 2.05) is 0 Å². The van der Waals surface area contributed by atoms with Crippen molar-refractivity contribution >= 4 is 5.82 Å². The zero-order valence-corrected chi connectivity index (χ0v) is 16.0. The van der Waals surface area contributed by atoms with Crippen LogP contribution in [0.3, 0.4) is 0 Å². The van der Waals surface area contributed by atoms with Crippen LogP contribution >= 0.6 is 0 Å². The van der Waals surface area contributed by atoms with Crippen LogP contribution in [0.4, 0.5) is 5.82 Å². The summed E-state index contributed by atoms with van der Waals surface area (Å²) >= 11 is 0. The molecule has 4 rings (SSSR count). The van der Waals surface area contributed by atoms with E-state index in [4.69, 9.17) is 19.4 Å². The van der Waals surface area contributed by atoms with Crippen molar-refractivity contribution < 1.29 is 9.47 Å². The molecule has 0 saturated carbocycles. The largest absolute Gasteiger partial charge is 0.381 e. The molecule has 2 aromatic rings. The summed E-state index contributed by atoms with van der Waals surface area (Å²) < 4.78 is 10.8. The van der Waals surface area contributed by atoms with E-state index < -0.39 is 0 Å². The van der Waals surface area contributed by atoms with E-state index in [2.05, 4.69) is 46.2 Å². The molecule has 6 nitrogen and oxygen atoms in total. The molecule has 3 heterocycles. The van der Waals surface area contributed by atoms with Crippen LogP contribution in [0, 0.1) is 0 Å². The molecular formula is C21H28N4O2. The van der Waals surface area contributed by atoms with E-state index in [0.717, 1.165) is 69.7 Å². The van der Waals surface area contributed by atoms with Gasteiger partial charge >= 0.3 is 0 Å². The summed E-state index contributed by atoms with van der Waals surface area (Å²) in [5.41, 5.74) is 2.47. The van der Waals surface area contributed by atoms with Gasteiger partial charge in [0.05, 0.1) is 12.3 Å². The zero-order chi connectivity index (χ0) is 18.5. The Balaban J connectivity index is 1.43. The van der Waals surface area contributed by atoms with E-state index in [1.54, 1.807) is 7.11 Å². The fourth-order valence-corrected chi connectivity index (χ4v) is 3.81. The maximum atomic E-state index is 5.56. The summed E-state index contributed by atoms with van der Waals surface area (Å²) in [6, 6.07) is 12.8. The van der Waals surface area contributed by atoms with Gasteiger partial charge in [-0.1, -0.05) is 30.3 Å². The molecule has 144 valence electrons. The lowest BCUT2D eigenvalue weighted by molar-refractivity contribution is 0.177. The van der Waals surface area contributed by atoms with Crippen LogP contribution in [-0.4, -0.2) is 61.4 Å². The monoisotopic (exact) mass is 368 g/mol. The summed E-state index contributed by atoms with van der Waals surface area (Å²) in [6.45, 7) is 7.09. The first-order valence-electron chi connectivity index (χ1n) is 9.77. The predicted molar refractivity (Wildman–Crippen MR) is 105 cm³/mol. The highest BCUT2D eigenvalue weighted by Gasteiger charge is 2.24. The average Bonchev–Trinajstić information content (AvgIpc) is 3.24. The van der Waals surface area contributed by atoms with E-state index in [0.29, 0.717) is 12.5 Å². The molecule has 2 aliphatic heterocycles. The number of hydrogen-bond acceptors (Lipinski definition) is 6. The van der Waals surface area contributed by atoms with Crippen LogP contribution in [0.15, 0.2) is 36.4 Å². The number of ether oxygens (including phenoxy) is 2. The van der Waals surface area contributed by atoms with Crippen LogP contribution in [0.2, 0.25) is 0 Å². The third-order valence-corrected chi connectivity index (χ3v) is 5.35. The molecule has 0 aliphatic carbocycles. The Hall–Kier alpha value is -2.02. The molecule has 1 aromatic heterocycles. The molecule has 0 amide bonds. The number of anilines is 1. The number of piperazine rings is 1. The summed E-state index contributed by atoms with van der Waals surface area (Å²) in [6.07, 6.45) is 1.04. The van der Waals surface area contributed by atoms with Gasteiger partial charge in [-0.3, -0.25) is 4.90 Å². The van der Waals surface area contributed by atoms with Crippen molar-refractivity contribution in [2.24, 2.45) is 0 Å². The van der Waals surface area contributed by atoms with Crippen molar-refractivity contribution in [3.63, 3.8) is 0 Å². The van der Waals surface area contributed by atoms with Gasteiger partial charge in [0.25, 0.3) is 0 Å². The summed E-state index contributed by atoms with van der Waals surface area (Å²) in [4.78, 5) is 14.4. The van der Waals surface area contributed by atoms with Crippen LogP contribution in [0.1, 0.15) is 29.4 Å². The number of methoxy groups -OCH3 is 1. The summed E-state index contributed by atoms with van der Waals surface area (Å²) in [5.74, 6) is 2.17. The molecule has 0 bridgehead atoms. The van der Waals surface area contributed by atoms with Crippen molar-refractivity contribution in [1.82, 2.24) is 14.9 Å². The third kappa shape index (κ3) is 4.64. The highest BCUT2D eigenvalue weighted by Crippen LogP contribution is 2.27. The van der Waals surface area contributed by atoms with E-state index >= 15 is 0 Å². The van der Waals surface area contributed by atoms with Gasteiger partial charge in [-0.05, 0) is 12.0 Å². The SMILES string of the molecule is COCc1nc([C@H]2CCOC2)cc(N2CCN(Cc3ccccc3)CC2)n1. The first kappa shape index (κ1) is 18.3. The number of aromatic nitrogens is 2. The molecule has 0 N–H and O–H groups in total. The van der Waals surface area contributed by atoms with Gasteiger partial charge in [0.15, 0.2) is 5.82 Å². The minimum Gasteiger partial charge on any atom is -0.381 e. The van der Waals surface area contributed by atoms with Crippen molar-refractivity contribution in [2.45, 2.75) is 25.5 Å². The van der Waals surface area contributed by atoms with E-state index in [1.165, 1.54) is 5.56 Å². The van der Waals surface area contributed by atoms with Crippen molar-refractivity contribution in [3.05, 3.63) is 53.5 Å². The topological polar surface area (TPSA) is 50.7 Å². The molecule has 0 radical (unpaired) electrons. The molecule has 2 saturated heterocycles. The smallest absolute Gasteiger partial charge is 0.156 e. The first-order valence-corrected chi connectivity index (χ1v) is 9.77. The van der Waals surface area contributed by atoms with Gasteiger partial charge in [-0.15, -0.1) is 0 Å². The minimum absolute atomic E-state index is 0.377. The molecule has 1 aromatic carbocycles. The Morgan fingerprint density at radius 3 is 2.63 bits per heavy atom. The Bertz CT molecular complexity index is 726. The second-order valence-corrected chi connectivity index (χ2v) is 7.31. The predicted octanol–water partition coefficient (Wildman–Crippen LogP) is 2.45. The van der Waals surface area contributed by atoms with Crippen LogP contribution in [0.25, 0.3) is 0 Å². The molecular weight excluding hydrogens is 340 g/mol. The fraction of sp³-hybridized carbons (Fsp3) is 0.524. The number of rotatable bonds is 6. The highest BCUT2D eigenvalue weighted by atomic mass is 16.5. The van der Waals surface area contributed by atoms with Crippen molar-refractivity contribution in [3.8, 4) is 0 Å². The van der Waals surface area contributed by atoms with Gasteiger partial charge in [-0.25, -0.2) is 9.97 Å². The maximum Gasteiger partial charge on any atom is 0.156 e. The number of benzene rings is 1. The minimum atomic E-state index is 0.377. The standard InChI is InChI=1S/C21H28N4O2/c1-26-16-20-22-19(18-7-12-27-15-18)13-21(23-20)25-10-8-24(9-11-25)14-17-5-3-2-4-6-17/h2-6,13,18H,7-12,14-16H2,1H3/t18-/m0/s1. The second kappa shape index (κ2) is 8.78. The lowest BCUT2D eigenvalue weighted by Gasteiger charge is -2.35. The third-order valence-electron chi connectivity index (χ3n) is 5.35. The highest BCUT2D eigenvalue weighted by molar-refractivity contribution is 5.41. The van der Waals surface area contributed by atoms with Gasteiger partial charge in [-0.2, -0.15) is 0 Å². The zero-order valence-electron chi connectivity index (χ0n) is 16.0. The quantitative estimate of drug-likeness (QED) is 0.781. The summed E-state index contributed by atoms with van der Waals surface area (Å²) in [7, 11) is 1.69. The molecule has 0 unspecified atom stereocenters. The Kier molecular flexibility index (Phi) is 5.97. The summed E-state index contributed by atoms with van der Waals surface area (Å²) in [5, 5.41) is 0. The fourth-order valence-electron chi connectivity index (χ4n) is 3.81. The normalized spacial score (nSPS) is 20.9. The Labute approximate surface area is 161 Å². The van der Waals surface area contributed by atoms with Crippen LogP contribution in [-0.2, 0) is 22.6 Å². The van der Waals surface area contributed by atoms with Crippen molar-refractivity contribution in [1.29, 1.82) is 0 Å². The lowest BCUT2D eigenvalue weighted by atomic mass is 10.0. The van der Waals surface area contributed by atoms with Gasteiger partial charge in [0.2, 0.25) is 0 Å². The molecule has 2 fully saturated rings. The number of hydrogen-bond donors (Lipinski definition) is 0. The Morgan fingerprint density at radius 2 is 1.93 bits per heavy atom. The van der Waals surface area contributed by atoms with Gasteiger partial charge in [0.1, 0.15) is 12.4 Å². The average molecular weight is 368 g/mol. The second-order valence-electron chi connectivity index (χ2n) is 7.31. The number of nitrogens with zero attached hydrogens (tertiary/aromatic N) is 4. The molecule has 27 heavy (non-hydrogen) atoms. The Morgan fingerprint density at radius 1 is 1.11 bits per heavy atom. The molecule has 1 atom stereocenters. The maximum absolute atomic E-state index is 5.56. The van der Waals surface area contributed by atoms with E-state index in [9.17, 15) is 0 Å². The van der Waals surface area contributed by atoms with Crippen LogP contribution < -0.4 is 4.90 Å². The van der Waals surface area contributed by atoms with Crippen LogP contribution in [0.5, 0.6) is 0 Å².